The van der Waals surface area contributed by atoms with Gasteiger partial charge in [-0.2, -0.15) is 0 Å². The van der Waals surface area contributed by atoms with Crippen LogP contribution in [0.2, 0.25) is 0 Å². The van der Waals surface area contributed by atoms with E-state index in [1.54, 1.807) is 0 Å². The predicted octanol–water partition coefficient (Wildman–Crippen LogP) is 7.93. The number of rotatable bonds is 8. The Morgan fingerprint density at radius 2 is 1.68 bits per heavy atom. The lowest BCUT2D eigenvalue weighted by Gasteiger charge is -2.37. The second-order valence-electron chi connectivity index (χ2n) is 9.63. The number of anilines is 1. The molecule has 0 aromatic heterocycles. The van der Waals surface area contributed by atoms with Crippen LogP contribution >= 0.6 is 15.9 Å². The van der Waals surface area contributed by atoms with Crippen LogP contribution in [0.5, 0.6) is 0 Å². The minimum Gasteiger partial charge on any atom is -0.461 e. The van der Waals surface area contributed by atoms with E-state index in [0.717, 1.165) is 41.5 Å². The van der Waals surface area contributed by atoms with Crippen LogP contribution in [0.3, 0.4) is 0 Å². The normalized spacial score (nSPS) is 20.2. The van der Waals surface area contributed by atoms with Gasteiger partial charge in [-0.15, -0.1) is 0 Å². The first-order valence-corrected chi connectivity index (χ1v) is 13.1. The lowest BCUT2D eigenvalue weighted by Crippen LogP contribution is -2.38. The van der Waals surface area contributed by atoms with Gasteiger partial charge >= 0.3 is 5.97 Å². The molecule has 3 aromatic rings. The summed E-state index contributed by atoms with van der Waals surface area (Å²) < 4.78 is 6.95. The third-order valence-corrected chi connectivity index (χ3v) is 7.50. The average molecular weight is 521 g/mol. The molecule has 0 radical (unpaired) electrons. The first-order valence-electron chi connectivity index (χ1n) is 12.3. The zero-order valence-corrected chi connectivity index (χ0v) is 21.6. The summed E-state index contributed by atoms with van der Waals surface area (Å²) in [4.78, 5) is 13.5. The smallest absolute Gasteiger partial charge is 0.310 e. The van der Waals surface area contributed by atoms with Crippen molar-refractivity contribution in [3.05, 3.63) is 100 Å². The number of carbonyl (C=O) groups excluding carboxylic acids is 1. The molecule has 0 aliphatic heterocycles. The second-order valence-corrected chi connectivity index (χ2v) is 10.5. The molecule has 1 saturated carbocycles. The monoisotopic (exact) mass is 519 g/mol. The maximum absolute atomic E-state index is 13.5. The Morgan fingerprint density at radius 3 is 2.35 bits per heavy atom. The van der Waals surface area contributed by atoms with E-state index >= 15 is 0 Å². The average Bonchev–Trinajstić information content (AvgIpc) is 2.87. The van der Waals surface area contributed by atoms with E-state index in [2.05, 4.69) is 83.6 Å². The van der Waals surface area contributed by atoms with Crippen LogP contribution in [-0.4, -0.2) is 12.5 Å². The topological polar surface area (TPSA) is 38.3 Å². The van der Waals surface area contributed by atoms with Crippen LogP contribution in [0.4, 0.5) is 5.69 Å². The van der Waals surface area contributed by atoms with E-state index in [4.69, 9.17) is 4.74 Å². The van der Waals surface area contributed by atoms with Crippen molar-refractivity contribution in [3.63, 3.8) is 0 Å². The molecule has 0 spiro atoms. The van der Waals surface area contributed by atoms with Crippen molar-refractivity contribution in [2.24, 2.45) is 11.8 Å². The first kappa shape index (κ1) is 24.5. The van der Waals surface area contributed by atoms with Gasteiger partial charge in [-0.3, -0.25) is 4.79 Å². The maximum Gasteiger partial charge on any atom is 0.310 e. The SMILES string of the molecule is CC(C)c1ccc(NC[C@@H]2CCC[C@H](c3ccc(Br)cc3)[C@H]2C(=O)OCc2ccccc2)cc1. The highest BCUT2D eigenvalue weighted by Crippen LogP contribution is 2.42. The molecule has 3 atom stereocenters. The van der Waals surface area contributed by atoms with Crippen molar-refractivity contribution in [3.8, 4) is 0 Å². The number of hydrogen-bond acceptors (Lipinski definition) is 3. The first-order chi connectivity index (χ1) is 16.5. The fraction of sp³-hybridized carbons (Fsp3) is 0.367. The summed E-state index contributed by atoms with van der Waals surface area (Å²) in [6.45, 7) is 5.50. The number of benzene rings is 3. The Labute approximate surface area is 212 Å². The van der Waals surface area contributed by atoms with Crippen molar-refractivity contribution in [2.75, 3.05) is 11.9 Å². The van der Waals surface area contributed by atoms with Gasteiger partial charge in [0.05, 0.1) is 5.92 Å². The quantitative estimate of drug-likeness (QED) is 0.307. The highest BCUT2D eigenvalue weighted by atomic mass is 79.9. The number of hydrogen-bond donors (Lipinski definition) is 1. The molecule has 1 aliphatic carbocycles. The van der Waals surface area contributed by atoms with Gasteiger partial charge in [0.2, 0.25) is 0 Å². The van der Waals surface area contributed by atoms with Crippen LogP contribution in [0.25, 0.3) is 0 Å². The van der Waals surface area contributed by atoms with Gasteiger partial charge in [0.1, 0.15) is 6.61 Å². The Hall–Kier alpha value is -2.59. The van der Waals surface area contributed by atoms with Gasteiger partial charge in [-0.25, -0.2) is 0 Å². The molecule has 1 N–H and O–H groups in total. The predicted molar refractivity (Wildman–Crippen MR) is 143 cm³/mol. The van der Waals surface area contributed by atoms with Crippen LogP contribution in [-0.2, 0) is 16.1 Å². The number of nitrogens with one attached hydrogen (secondary N) is 1. The summed E-state index contributed by atoms with van der Waals surface area (Å²) in [5.74, 6) is 0.651. The molecular formula is C30H34BrNO2. The van der Waals surface area contributed by atoms with E-state index < -0.39 is 0 Å². The van der Waals surface area contributed by atoms with E-state index in [1.165, 1.54) is 11.1 Å². The Bertz CT molecular complexity index is 1050. The highest BCUT2D eigenvalue weighted by Gasteiger charge is 2.40. The lowest BCUT2D eigenvalue weighted by molar-refractivity contribution is -0.154. The van der Waals surface area contributed by atoms with Crippen molar-refractivity contribution in [1.82, 2.24) is 0 Å². The van der Waals surface area contributed by atoms with Crippen LogP contribution in [0, 0.1) is 11.8 Å². The zero-order valence-electron chi connectivity index (χ0n) is 20.0. The molecule has 178 valence electrons. The molecule has 1 aliphatic rings. The minimum atomic E-state index is -0.166. The Balaban J connectivity index is 1.51. The van der Waals surface area contributed by atoms with Crippen LogP contribution < -0.4 is 5.32 Å². The Morgan fingerprint density at radius 1 is 0.971 bits per heavy atom. The number of halogens is 1. The lowest BCUT2D eigenvalue weighted by atomic mass is 9.69. The van der Waals surface area contributed by atoms with Gasteiger partial charge in [-0.1, -0.05) is 90.8 Å². The molecule has 3 aromatic carbocycles. The molecule has 0 saturated heterocycles. The molecule has 4 heteroatoms. The van der Waals surface area contributed by atoms with Gasteiger partial charge in [0.25, 0.3) is 0 Å². The Kier molecular flexibility index (Phi) is 8.44. The van der Waals surface area contributed by atoms with Gasteiger partial charge < -0.3 is 10.1 Å². The molecule has 4 rings (SSSR count). The van der Waals surface area contributed by atoms with E-state index in [9.17, 15) is 4.79 Å². The molecule has 1 fully saturated rings. The second kappa shape index (κ2) is 11.7. The van der Waals surface area contributed by atoms with Crippen molar-refractivity contribution >= 4 is 27.6 Å². The van der Waals surface area contributed by atoms with E-state index in [1.807, 2.05) is 30.3 Å². The molecular weight excluding hydrogens is 486 g/mol. The molecule has 0 unspecified atom stereocenters. The third-order valence-electron chi connectivity index (χ3n) is 6.97. The molecule has 3 nitrogen and oxygen atoms in total. The molecule has 0 amide bonds. The zero-order chi connectivity index (χ0) is 23.9. The maximum atomic E-state index is 13.5. The number of esters is 1. The molecule has 34 heavy (non-hydrogen) atoms. The summed E-state index contributed by atoms with van der Waals surface area (Å²) in [5, 5.41) is 3.61. The third kappa shape index (κ3) is 6.29. The van der Waals surface area contributed by atoms with Crippen molar-refractivity contribution in [1.29, 1.82) is 0 Å². The van der Waals surface area contributed by atoms with E-state index in [-0.39, 0.29) is 23.7 Å². The summed E-state index contributed by atoms with van der Waals surface area (Å²) in [5.41, 5.74) is 4.68. The summed E-state index contributed by atoms with van der Waals surface area (Å²) in [6, 6.07) is 27.0. The summed E-state index contributed by atoms with van der Waals surface area (Å²) >= 11 is 3.54. The fourth-order valence-corrected chi connectivity index (χ4v) is 5.28. The fourth-order valence-electron chi connectivity index (χ4n) is 5.02. The van der Waals surface area contributed by atoms with Crippen LogP contribution in [0.1, 0.15) is 61.6 Å². The minimum absolute atomic E-state index is 0.0848. The van der Waals surface area contributed by atoms with Gasteiger partial charge in [-0.05, 0) is 71.6 Å². The van der Waals surface area contributed by atoms with Crippen molar-refractivity contribution in [2.45, 2.75) is 51.6 Å². The number of ether oxygens (including phenoxy) is 1. The van der Waals surface area contributed by atoms with Gasteiger partial charge in [0, 0.05) is 16.7 Å². The van der Waals surface area contributed by atoms with Gasteiger partial charge in [0.15, 0.2) is 0 Å². The molecule has 0 bridgehead atoms. The summed E-state index contributed by atoms with van der Waals surface area (Å²) in [7, 11) is 0. The highest BCUT2D eigenvalue weighted by molar-refractivity contribution is 9.10. The van der Waals surface area contributed by atoms with Crippen molar-refractivity contribution < 1.29 is 9.53 Å². The molecule has 0 heterocycles. The van der Waals surface area contributed by atoms with Crippen LogP contribution in [0.15, 0.2) is 83.3 Å². The van der Waals surface area contributed by atoms with E-state index in [0.29, 0.717) is 12.5 Å². The number of carbonyl (C=O) groups is 1. The standard InChI is InChI=1S/C30H34BrNO2/c1-21(2)23-13-17-27(18-14-23)32-19-25-9-6-10-28(24-11-15-26(31)16-12-24)29(25)30(33)34-20-22-7-4-3-5-8-22/h3-5,7-8,11-18,21,25,28-29,32H,6,9-10,19-20H2,1-2H3/t25-,28+,29-/m0/s1. The summed E-state index contributed by atoms with van der Waals surface area (Å²) in [6.07, 6.45) is 3.14. The largest absolute Gasteiger partial charge is 0.461 e.